The van der Waals surface area contributed by atoms with Crippen LogP contribution in [-0.4, -0.2) is 56.2 Å². The van der Waals surface area contributed by atoms with E-state index in [2.05, 4.69) is 33.2 Å². The SMILES string of the molecule is C=CC(=O)OCCOC.CC(=O)Oc1ccc(-c2nnc(-c3ccc(C)cc3)o2)cc1.CCCCCCOC. The molecule has 0 aliphatic rings. The smallest absolute Gasteiger partial charge is 0.330 e. The van der Waals surface area contributed by atoms with Gasteiger partial charge in [-0.1, -0.05) is 50.5 Å². The Hall–Kier alpha value is -3.82. The van der Waals surface area contributed by atoms with E-state index in [4.69, 9.17) is 13.9 Å². The molecule has 1 aromatic heterocycles. The molecule has 0 unspecified atom stereocenters. The molecule has 3 aromatic rings. The van der Waals surface area contributed by atoms with Crippen molar-refractivity contribution in [3.63, 3.8) is 0 Å². The molecule has 0 radical (unpaired) electrons. The van der Waals surface area contributed by atoms with Gasteiger partial charge in [0.1, 0.15) is 12.4 Å². The van der Waals surface area contributed by atoms with E-state index in [1.165, 1.54) is 38.2 Å². The molecule has 0 amide bonds. The van der Waals surface area contributed by atoms with Gasteiger partial charge in [0.2, 0.25) is 11.8 Å². The average Bonchev–Trinajstić information content (AvgIpc) is 3.43. The van der Waals surface area contributed by atoms with E-state index in [1.54, 1.807) is 38.5 Å². The van der Waals surface area contributed by atoms with E-state index < -0.39 is 5.97 Å². The number of carbonyl (C=O) groups is 2. The summed E-state index contributed by atoms with van der Waals surface area (Å²) in [4.78, 5) is 21.2. The minimum Gasteiger partial charge on any atom is -0.460 e. The second kappa shape index (κ2) is 20.2. The van der Waals surface area contributed by atoms with Crippen molar-refractivity contribution < 1.29 is 33.0 Å². The van der Waals surface area contributed by atoms with Gasteiger partial charge in [-0.2, -0.15) is 0 Å². The van der Waals surface area contributed by atoms with Crippen molar-refractivity contribution >= 4 is 11.9 Å². The van der Waals surface area contributed by atoms with Gasteiger partial charge in [0.25, 0.3) is 0 Å². The Morgan fingerprint density at radius 1 is 0.846 bits per heavy atom. The lowest BCUT2D eigenvalue weighted by Gasteiger charge is -2.01. The van der Waals surface area contributed by atoms with Crippen molar-refractivity contribution in [3.8, 4) is 28.7 Å². The number of methoxy groups -OCH3 is 2. The summed E-state index contributed by atoms with van der Waals surface area (Å²) in [5.41, 5.74) is 2.81. The third kappa shape index (κ3) is 14.6. The van der Waals surface area contributed by atoms with Crippen molar-refractivity contribution in [1.29, 1.82) is 0 Å². The van der Waals surface area contributed by atoms with Crippen LogP contribution in [0.1, 0.15) is 45.1 Å². The summed E-state index contributed by atoms with van der Waals surface area (Å²) < 4.78 is 24.7. The zero-order chi connectivity index (χ0) is 28.9. The highest BCUT2D eigenvalue weighted by Gasteiger charge is 2.10. The Kier molecular flexibility index (Phi) is 17.2. The summed E-state index contributed by atoms with van der Waals surface area (Å²) >= 11 is 0. The van der Waals surface area contributed by atoms with Crippen molar-refractivity contribution in [3.05, 3.63) is 66.7 Å². The van der Waals surface area contributed by atoms with Gasteiger partial charge in [-0.15, -0.1) is 10.2 Å². The molecule has 1 heterocycles. The zero-order valence-corrected chi connectivity index (χ0v) is 23.6. The molecule has 212 valence electrons. The van der Waals surface area contributed by atoms with Gasteiger partial charge in [-0.3, -0.25) is 4.79 Å². The molecule has 2 aromatic carbocycles. The normalized spacial score (nSPS) is 9.87. The van der Waals surface area contributed by atoms with Crippen LogP contribution in [0.5, 0.6) is 5.75 Å². The fourth-order valence-electron chi connectivity index (χ4n) is 2.94. The Labute approximate surface area is 231 Å². The van der Waals surface area contributed by atoms with Crippen LogP contribution in [0, 0.1) is 6.92 Å². The third-order valence-corrected chi connectivity index (χ3v) is 4.99. The maximum absolute atomic E-state index is 10.9. The van der Waals surface area contributed by atoms with Crippen molar-refractivity contribution in [2.45, 2.75) is 46.5 Å². The molecule has 0 aliphatic carbocycles. The van der Waals surface area contributed by atoms with Gasteiger partial charge in [0, 0.05) is 45.0 Å². The Bertz CT molecular complexity index is 1090. The monoisotopic (exact) mass is 540 g/mol. The number of aryl methyl sites for hydroxylation is 1. The van der Waals surface area contributed by atoms with Crippen LogP contribution in [-0.2, 0) is 23.8 Å². The van der Waals surface area contributed by atoms with Crippen LogP contribution in [0.15, 0.2) is 65.6 Å². The first-order valence-electron chi connectivity index (χ1n) is 12.8. The Morgan fingerprint density at radius 3 is 1.90 bits per heavy atom. The predicted molar refractivity (Wildman–Crippen MR) is 150 cm³/mol. The van der Waals surface area contributed by atoms with Crippen LogP contribution < -0.4 is 4.74 Å². The molecule has 3 rings (SSSR count). The molecule has 0 N–H and O–H groups in total. The number of aromatic nitrogens is 2. The number of carbonyl (C=O) groups excluding carboxylic acids is 2. The maximum Gasteiger partial charge on any atom is 0.330 e. The Morgan fingerprint density at radius 2 is 1.41 bits per heavy atom. The van der Waals surface area contributed by atoms with Gasteiger partial charge in [-0.25, -0.2) is 4.79 Å². The molecule has 9 heteroatoms. The molecule has 0 saturated heterocycles. The number of rotatable bonds is 12. The van der Waals surface area contributed by atoms with Gasteiger partial charge in [0.05, 0.1) is 6.61 Å². The minimum atomic E-state index is -0.410. The van der Waals surface area contributed by atoms with Crippen LogP contribution in [0.2, 0.25) is 0 Å². The summed E-state index contributed by atoms with van der Waals surface area (Å²) in [7, 11) is 3.30. The highest BCUT2D eigenvalue weighted by molar-refractivity contribution is 5.81. The topological polar surface area (TPSA) is 110 Å². The lowest BCUT2D eigenvalue weighted by atomic mass is 10.1. The van der Waals surface area contributed by atoms with E-state index >= 15 is 0 Å². The van der Waals surface area contributed by atoms with Gasteiger partial charge in [-0.05, 0) is 49.7 Å². The molecule has 0 saturated carbocycles. The van der Waals surface area contributed by atoms with Gasteiger partial charge >= 0.3 is 11.9 Å². The van der Waals surface area contributed by atoms with Crippen LogP contribution >= 0.6 is 0 Å². The number of benzene rings is 2. The van der Waals surface area contributed by atoms with Crippen molar-refractivity contribution in [1.82, 2.24) is 10.2 Å². The standard InChI is InChI=1S/C17H14N2O3.C7H16O.C6H10O3/c1-11-3-5-13(6-4-11)16-18-19-17(22-16)14-7-9-15(10-8-14)21-12(2)20;1-3-4-5-6-7-8-2;1-3-6(7)9-5-4-8-2/h3-10H,1-2H3;3-7H2,1-2H3;3H,1,4-5H2,2H3. The summed E-state index contributed by atoms with van der Waals surface area (Å²) in [6, 6.07) is 14.8. The molecule has 0 spiro atoms. The van der Waals surface area contributed by atoms with Crippen LogP contribution in [0.25, 0.3) is 22.9 Å². The fourth-order valence-corrected chi connectivity index (χ4v) is 2.94. The lowest BCUT2D eigenvalue weighted by molar-refractivity contribution is -0.139. The number of hydrogen-bond acceptors (Lipinski definition) is 9. The van der Waals surface area contributed by atoms with E-state index in [0.717, 1.165) is 23.8 Å². The molecular weight excluding hydrogens is 500 g/mol. The lowest BCUT2D eigenvalue weighted by Crippen LogP contribution is -2.06. The van der Waals surface area contributed by atoms with E-state index in [-0.39, 0.29) is 5.97 Å². The third-order valence-electron chi connectivity index (χ3n) is 4.99. The molecule has 0 atom stereocenters. The highest BCUT2D eigenvalue weighted by atomic mass is 16.6. The van der Waals surface area contributed by atoms with E-state index in [1.807, 2.05) is 31.2 Å². The first-order valence-corrected chi connectivity index (χ1v) is 12.8. The molecule has 0 aliphatic heterocycles. The molecule has 0 fully saturated rings. The van der Waals surface area contributed by atoms with Gasteiger partial charge in [0.15, 0.2) is 0 Å². The van der Waals surface area contributed by atoms with Crippen molar-refractivity contribution in [2.75, 3.05) is 34.0 Å². The molecule has 39 heavy (non-hydrogen) atoms. The van der Waals surface area contributed by atoms with Crippen molar-refractivity contribution in [2.24, 2.45) is 0 Å². The summed E-state index contributed by atoms with van der Waals surface area (Å²) in [5.74, 6) is 0.609. The second-order valence-electron chi connectivity index (χ2n) is 8.31. The highest BCUT2D eigenvalue weighted by Crippen LogP contribution is 2.25. The van der Waals surface area contributed by atoms with Crippen LogP contribution in [0.3, 0.4) is 0 Å². The summed E-state index contributed by atoms with van der Waals surface area (Å²) in [6.45, 7) is 10.5. The van der Waals surface area contributed by atoms with E-state index in [0.29, 0.717) is 30.7 Å². The number of unbranched alkanes of at least 4 members (excludes halogenated alkanes) is 3. The summed E-state index contributed by atoms with van der Waals surface area (Å²) in [6.07, 6.45) is 6.33. The quantitative estimate of drug-likeness (QED) is 0.115. The predicted octanol–water partition coefficient (Wildman–Crippen LogP) is 6.21. The average molecular weight is 541 g/mol. The largest absolute Gasteiger partial charge is 0.460 e. The first-order chi connectivity index (χ1) is 18.8. The second-order valence-corrected chi connectivity index (χ2v) is 8.31. The molecular formula is C30H40N2O7. The maximum atomic E-state index is 10.9. The summed E-state index contributed by atoms with van der Waals surface area (Å²) in [5, 5.41) is 8.11. The molecule has 0 bridgehead atoms. The minimum absolute atomic E-state index is 0.293. The zero-order valence-electron chi connectivity index (χ0n) is 23.6. The molecule has 9 nitrogen and oxygen atoms in total. The number of ether oxygens (including phenoxy) is 4. The van der Waals surface area contributed by atoms with Gasteiger partial charge < -0.3 is 23.4 Å². The fraction of sp³-hybridized carbons (Fsp3) is 0.400. The first kappa shape index (κ1) is 33.2. The number of hydrogen-bond donors (Lipinski definition) is 0. The van der Waals surface area contributed by atoms with E-state index in [9.17, 15) is 9.59 Å². The number of nitrogens with zero attached hydrogens (tertiary/aromatic N) is 2. The van der Waals surface area contributed by atoms with Crippen LogP contribution in [0.4, 0.5) is 0 Å². The Balaban J connectivity index is 0.000000371. The number of esters is 2.